The zero-order valence-electron chi connectivity index (χ0n) is 7.09. The summed E-state index contributed by atoms with van der Waals surface area (Å²) in [5.41, 5.74) is 1.14. The number of ketones is 1. The molecule has 0 saturated carbocycles. The first kappa shape index (κ1) is 15.0. The number of rotatable bonds is 2. The van der Waals surface area contributed by atoms with Crippen LogP contribution in [-0.2, 0) is 0 Å². The smallest absolute Gasteiger partial charge is 0.159 e. The first-order valence-electron chi connectivity index (χ1n) is 3.67. The molecule has 80 valence electrons. The van der Waals surface area contributed by atoms with E-state index in [2.05, 4.69) is 5.32 Å². The lowest BCUT2D eigenvalue weighted by molar-refractivity contribution is 0.101. The molecule has 0 amide bonds. The molecule has 0 bridgehead atoms. The molecule has 0 radical (unpaired) electrons. The Hall–Kier alpha value is -1.51. The summed E-state index contributed by atoms with van der Waals surface area (Å²) in [5.74, 6) is 0.0538. The summed E-state index contributed by atoms with van der Waals surface area (Å²) < 4.78 is 0. The van der Waals surface area contributed by atoms with Crippen molar-refractivity contribution < 1.29 is 9.90 Å². The molecule has 0 aromatic heterocycles. The zero-order valence-corrected chi connectivity index (χ0v) is 7.09. The molecule has 3 heteroatoms. The van der Waals surface area contributed by atoms with E-state index in [0.717, 1.165) is 0 Å². The van der Waals surface area contributed by atoms with Crippen LogP contribution in [0.15, 0.2) is 18.2 Å². The van der Waals surface area contributed by atoms with Crippen LogP contribution in [0.2, 0.25) is 0 Å². The quantitative estimate of drug-likeness (QED) is 0.566. The van der Waals surface area contributed by atoms with E-state index in [1.54, 1.807) is 19.2 Å². The van der Waals surface area contributed by atoms with E-state index in [4.69, 9.17) is 0 Å². The third-order valence-corrected chi connectivity index (χ3v) is 1.67. The van der Waals surface area contributed by atoms with Gasteiger partial charge in [-0.3, -0.25) is 4.79 Å². The largest absolute Gasteiger partial charge is 0.506 e. The van der Waals surface area contributed by atoms with Gasteiger partial charge in [0.15, 0.2) is 5.78 Å². The second kappa shape index (κ2) is 6.02. The molecule has 1 aromatic rings. The summed E-state index contributed by atoms with van der Waals surface area (Å²) in [7, 11) is 1.71. The fourth-order valence-corrected chi connectivity index (χ4v) is 0.962. The van der Waals surface area contributed by atoms with Crippen LogP contribution in [0.5, 0.6) is 5.75 Å². The minimum absolute atomic E-state index is 0. The number of aromatic hydroxyl groups is 1. The van der Waals surface area contributed by atoms with Crippen molar-refractivity contribution in [1.29, 1.82) is 0 Å². The van der Waals surface area contributed by atoms with Crippen LogP contribution >= 0.6 is 0 Å². The molecule has 0 fully saturated rings. The minimum Gasteiger partial charge on any atom is -0.506 e. The van der Waals surface area contributed by atoms with Gasteiger partial charge in [-0.1, -0.05) is 14.9 Å². The summed E-state index contributed by atoms with van der Waals surface area (Å²) >= 11 is 0. The van der Waals surface area contributed by atoms with E-state index in [0.29, 0.717) is 11.3 Å². The highest BCUT2D eigenvalue weighted by molar-refractivity contribution is 5.95. The van der Waals surface area contributed by atoms with E-state index in [1.165, 1.54) is 13.0 Å². The summed E-state index contributed by atoms with van der Waals surface area (Å²) in [5, 5.41) is 12.1. The van der Waals surface area contributed by atoms with Gasteiger partial charge in [0.1, 0.15) is 5.75 Å². The molecule has 0 aliphatic rings. The molecule has 0 aliphatic heterocycles. The average molecular weight is 197 g/mol. The van der Waals surface area contributed by atoms with Gasteiger partial charge in [-0.05, 0) is 25.1 Å². The standard InChI is InChI=1S/C9H11NO2.2CH4/c1-6(11)7-3-4-8(10-2)9(12)5-7;;/h3-5,10,12H,1-2H3;2*1H4. The van der Waals surface area contributed by atoms with Crippen molar-refractivity contribution in [2.45, 2.75) is 21.8 Å². The molecule has 3 nitrogen and oxygen atoms in total. The van der Waals surface area contributed by atoms with Crippen molar-refractivity contribution in [3.05, 3.63) is 23.8 Å². The number of hydrogen-bond acceptors (Lipinski definition) is 3. The summed E-state index contributed by atoms with van der Waals surface area (Å²) in [6, 6.07) is 4.80. The Labute approximate surface area is 85.8 Å². The molecule has 0 saturated heterocycles. The van der Waals surface area contributed by atoms with Crippen LogP contribution < -0.4 is 5.32 Å². The predicted octanol–water partition coefficient (Wildman–Crippen LogP) is 2.91. The molecule has 1 aromatic carbocycles. The Morgan fingerprint density at radius 3 is 2.29 bits per heavy atom. The number of nitrogens with one attached hydrogen (secondary N) is 1. The number of phenols is 1. The number of benzene rings is 1. The Bertz CT molecular complexity index is 308. The highest BCUT2D eigenvalue weighted by Gasteiger charge is 2.03. The molecule has 0 atom stereocenters. The van der Waals surface area contributed by atoms with Crippen LogP contribution in [0.25, 0.3) is 0 Å². The number of hydrogen-bond donors (Lipinski definition) is 2. The summed E-state index contributed by atoms with van der Waals surface area (Å²) in [4.78, 5) is 10.9. The number of anilines is 1. The normalized spacial score (nSPS) is 8.14. The highest BCUT2D eigenvalue weighted by Crippen LogP contribution is 2.23. The van der Waals surface area contributed by atoms with E-state index in [9.17, 15) is 9.90 Å². The molecular formula is C11H19NO2. The number of phenolic OH excluding ortho intramolecular Hbond substituents is 1. The molecule has 0 spiro atoms. The predicted molar refractivity (Wildman–Crippen MR) is 61.1 cm³/mol. The molecular weight excluding hydrogens is 178 g/mol. The monoisotopic (exact) mass is 197 g/mol. The molecule has 0 heterocycles. The van der Waals surface area contributed by atoms with Crippen molar-refractivity contribution in [1.82, 2.24) is 0 Å². The second-order valence-corrected chi connectivity index (χ2v) is 2.54. The zero-order chi connectivity index (χ0) is 9.14. The average Bonchev–Trinajstić information content (AvgIpc) is 2.04. The van der Waals surface area contributed by atoms with Gasteiger partial charge in [-0.2, -0.15) is 0 Å². The lowest BCUT2D eigenvalue weighted by Crippen LogP contribution is -1.94. The third kappa shape index (κ3) is 3.09. The van der Waals surface area contributed by atoms with Crippen molar-refractivity contribution in [2.24, 2.45) is 0 Å². The van der Waals surface area contributed by atoms with Crippen LogP contribution in [0, 0.1) is 0 Å². The van der Waals surface area contributed by atoms with Crippen molar-refractivity contribution in [2.75, 3.05) is 12.4 Å². The first-order chi connectivity index (χ1) is 5.65. The Morgan fingerprint density at radius 2 is 1.93 bits per heavy atom. The van der Waals surface area contributed by atoms with Gasteiger partial charge in [0.2, 0.25) is 0 Å². The highest BCUT2D eigenvalue weighted by atomic mass is 16.3. The molecule has 14 heavy (non-hydrogen) atoms. The maximum absolute atomic E-state index is 10.9. The van der Waals surface area contributed by atoms with Gasteiger partial charge in [-0.15, -0.1) is 0 Å². The van der Waals surface area contributed by atoms with Crippen molar-refractivity contribution in [3.8, 4) is 5.75 Å². The fourth-order valence-electron chi connectivity index (χ4n) is 0.962. The fraction of sp³-hybridized carbons (Fsp3) is 0.364. The SMILES string of the molecule is C.C.CNc1ccc(C(C)=O)cc1O. The first-order valence-corrected chi connectivity index (χ1v) is 3.67. The van der Waals surface area contributed by atoms with Gasteiger partial charge >= 0.3 is 0 Å². The third-order valence-electron chi connectivity index (χ3n) is 1.67. The minimum atomic E-state index is -0.0482. The molecule has 0 unspecified atom stereocenters. The summed E-state index contributed by atoms with van der Waals surface area (Å²) in [6.45, 7) is 1.47. The summed E-state index contributed by atoms with van der Waals surface area (Å²) in [6.07, 6.45) is 0. The van der Waals surface area contributed by atoms with Gasteiger partial charge in [0.05, 0.1) is 5.69 Å². The van der Waals surface area contributed by atoms with Gasteiger partial charge in [-0.25, -0.2) is 0 Å². The van der Waals surface area contributed by atoms with Crippen LogP contribution in [0.1, 0.15) is 32.1 Å². The maximum Gasteiger partial charge on any atom is 0.159 e. The van der Waals surface area contributed by atoms with Crippen LogP contribution in [-0.4, -0.2) is 17.9 Å². The number of carbonyl (C=O) groups excluding carboxylic acids is 1. The maximum atomic E-state index is 10.9. The molecule has 2 N–H and O–H groups in total. The van der Waals surface area contributed by atoms with Gasteiger partial charge < -0.3 is 10.4 Å². The Morgan fingerprint density at radius 1 is 1.36 bits per heavy atom. The van der Waals surface area contributed by atoms with Gasteiger partial charge in [0, 0.05) is 12.6 Å². The lowest BCUT2D eigenvalue weighted by atomic mass is 10.1. The number of Topliss-reactive ketones (excluding diaryl/α,β-unsaturated/α-hetero) is 1. The van der Waals surface area contributed by atoms with Crippen LogP contribution in [0.4, 0.5) is 5.69 Å². The Kier molecular flexibility index (Phi) is 6.45. The topological polar surface area (TPSA) is 49.3 Å². The van der Waals surface area contributed by atoms with E-state index < -0.39 is 0 Å². The van der Waals surface area contributed by atoms with E-state index in [-0.39, 0.29) is 26.4 Å². The lowest BCUT2D eigenvalue weighted by Gasteiger charge is -2.03. The number of carbonyl (C=O) groups is 1. The Balaban J connectivity index is 0. The van der Waals surface area contributed by atoms with Gasteiger partial charge in [0.25, 0.3) is 0 Å². The van der Waals surface area contributed by atoms with Crippen molar-refractivity contribution in [3.63, 3.8) is 0 Å². The van der Waals surface area contributed by atoms with Crippen molar-refractivity contribution >= 4 is 11.5 Å². The van der Waals surface area contributed by atoms with E-state index >= 15 is 0 Å². The molecule has 0 aliphatic carbocycles. The van der Waals surface area contributed by atoms with E-state index in [1.807, 2.05) is 0 Å². The molecule has 1 rings (SSSR count). The van der Waals surface area contributed by atoms with Crippen LogP contribution in [0.3, 0.4) is 0 Å². The second-order valence-electron chi connectivity index (χ2n) is 2.54.